The molecule has 0 aliphatic heterocycles. The quantitative estimate of drug-likeness (QED) is 0.529. The molecule has 0 amide bonds. The van der Waals surface area contributed by atoms with Crippen molar-refractivity contribution in [3.63, 3.8) is 0 Å². The summed E-state index contributed by atoms with van der Waals surface area (Å²) in [4.78, 5) is 11.0. The van der Waals surface area contributed by atoms with E-state index in [1.807, 2.05) is 0 Å². The van der Waals surface area contributed by atoms with E-state index in [1.54, 1.807) is 13.8 Å². The van der Waals surface area contributed by atoms with Crippen LogP contribution in [0.2, 0.25) is 0 Å². The Morgan fingerprint density at radius 1 is 1.43 bits per heavy atom. The molecule has 0 bridgehead atoms. The predicted molar refractivity (Wildman–Crippen MR) is 56.6 cm³/mol. The third-order valence-electron chi connectivity index (χ3n) is 1.49. The van der Waals surface area contributed by atoms with Gasteiger partial charge in [-0.15, -0.1) is 0 Å². The number of halogens is 1. The third kappa shape index (κ3) is 4.39. The fraction of sp³-hybridized carbons (Fsp3) is 0.857. The van der Waals surface area contributed by atoms with Gasteiger partial charge in [-0.2, -0.15) is 4.31 Å². The van der Waals surface area contributed by atoms with E-state index in [9.17, 15) is 13.2 Å². The summed E-state index contributed by atoms with van der Waals surface area (Å²) in [6.07, 6.45) is 0. The molecule has 7 heteroatoms. The van der Waals surface area contributed by atoms with Gasteiger partial charge in [0.05, 0.1) is 6.61 Å². The Bertz CT molecular complexity index is 277. The molecule has 0 heterocycles. The predicted octanol–water partition coefficient (Wildman–Crippen LogP) is 0.554. The van der Waals surface area contributed by atoms with Crippen molar-refractivity contribution in [3.8, 4) is 0 Å². The molecule has 0 atom stereocenters. The molecular weight excluding hydrogens is 274 g/mol. The Morgan fingerprint density at radius 2 is 2.00 bits per heavy atom. The minimum Gasteiger partial charge on any atom is -0.465 e. The Hall–Kier alpha value is -0.140. The lowest BCUT2D eigenvalue weighted by Crippen LogP contribution is -2.36. The second-order valence-electron chi connectivity index (χ2n) is 2.45. The zero-order valence-electron chi connectivity index (χ0n) is 8.19. The second-order valence-corrected chi connectivity index (χ2v) is 5.72. The summed E-state index contributed by atoms with van der Waals surface area (Å²) in [7, 11) is -3.37. The van der Waals surface area contributed by atoms with Crippen molar-refractivity contribution in [2.75, 3.05) is 24.4 Å². The number of ether oxygens (including phenoxy) is 1. The molecule has 0 N–H and O–H groups in total. The molecule has 0 spiro atoms. The van der Waals surface area contributed by atoms with Crippen LogP contribution in [0.25, 0.3) is 0 Å². The lowest BCUT2D eigenvalue weighted by Gasteiger charge is -2.17. The standard InChI is InChI=1S/C7H14BrNO4S/c1-3-9(14(11,12)6-8)5-7(10)13-4-2/h3-6H2,1-2H3. The highest BCUT2D eigenvalue weighted by atomic mass is 79.9. The van der Waals surface area contributed by atoms with Gasteiger partial charge in [-0.1, -0.05) is 22.9 Å². The number of rotatable bonds is 6. The largest absolute Gasteiger partial charge is 0.465 e. The number of sulfonamides is 1. The topological polar surface area (TPSA) is 63.7 Å². The second kappa shape index (κ2) is 6.36. The van der Waals surface area contributed by atoms with Crippen LogP contribution in [0.5, 0.6) is 0 Å². The molecule has 0 aliphatic carbocycles. The molecule has 0 aromatic heterocycles. The monoisotopic (exact) mass is 287 g/mol. The van der Waals surface area contributed by atoms with Gasteiger partial charge in [0, 0.05) is 6.54 Å². The van der Waals surface area contributed by atoms with E-state index >= 15 is 0 Å². The SMILES string of the molecule is CCOC(=O)CN(CC)S(=O)(=O)CBr. The van der Waals surface area contributed by atoms with Gasteiger partial charge in [-0.05, 0) is 6.92 Å². The summed E-state index contributed by atoms with van der Waals surface area (Å²) >= 11 is 2.86. The van der Waals surface area contributed by atoms with E-state index in [1.165, 1.54) is 0 Å². The lowest BCUT2D eigenvalue weighted by molar-refractivity contribution is -0.143. The van der Waals surface area contributed by atoms with Crippen LogP contribution in [0.3, 0.4) is 0 Å². The van der Waals surface area contributed by atoms with Crippen LogP contribution >= 0.6 is 15.9 Å². The average molecular weight is 288 g/mol. The summed E-state index contributed by atoms with van der Waals surface area (Å²) in [6.45, 7) is 3.63. The van der Waals surface area contributed by atoms with Crippen molar-refractivity contribution < 1.29 is 17.9 Å². The van der Waals surface area contributed by atoms with Crippen molar-refractivity contribution in [1.82, 2.24) is 4.31 Å². The van der Waals surface area contributed by atoms with Gasteiger partial charge in [0.15, 0.2) is 0 Å². The Balaban J connectivity index is 4.38. The van der Waals surface area contributed by atoms with Crippen LogP contribution in [0.4, 0.5) is 0 Å². The summed E-state index contributed by atoms with van der Waals surface area (Å²) in [6, 6.07) is 0. The summed E-state index contributed by atoms with van der Waals surface area (Å²) in [5, 5.41) is 0. The first kappa shape index (κ1) is 13.9. The third-order valence-corrected chi connectivity index (χ3v) is 4.68. The number of hydrogen-bond donors (Lipinski definition) is 0. The molecular formula is C7H14BrNO4S. The number of carbonyl (C=O) groups is 1. The molecule has 0 aromatic rings. The molecule has 0 saturated carbocycles. The van der Waals surface area contributed by atoms with Crippen molar-refractivity contribution in [2.45, 2.75) is 13.8 Å². The van der Waals surface area contributed by atoms with Crippen LogP contribution in [0, 0.1) is 0 Å². The van der Waals surface area contributed by atoms with Gasteiger partial charge in [-0.3, -0.25) is 4.79 Å². The average Bonchev–Trinajstić information content (AvgIpc) is 2.14. The maximum absolute atomic E-state index is 11.3. The van der Waals surface area contributed by atoms with Gasteiger partial charge in [0.25, 0.3) is 0 Å². The van der Waals surface area contributed by atoms with Crippen molar-refractivity contribution in [3.05, 3.63) is 0 Å². The van der Waals surface area contributed by atoms with Crippen molar-refractivity contribution in [2.24, 2.45) is 0 Å². The Kier molecular flexibility index (Phi) is 6.30. The lowest BCUT2D eigenvalue weighted by atomic mass is 10.6. The van der Waals surface area contributed by atoms with E-state index in [2.05, 4.69) is 20.7 Å². The normalized spacial score (nSPS) is 11.7. The Morgan fingerprint density at radius 3 is 2.36 bits per heavy atom. The van der Waals surface area contributed by atoms with Crippen molar-refractivity contribution >= 4 is 31.9 Å². The van der Waals surface area contributed by atoms with Crippen LogP contribution < -0.4 is 0 Å². The molecule has 0 radical (unpaired) electrons. The molecule has 5 nitrogen and oxygen atoms in total. The number of carbonyl (C=O) groups excluding carboxylic acids is 1. The van der Waals surface area contributed by atoms with E-state index in [-0.39, 0.29) is 24.4 Å². The highest BCUT2D eigenvalue weighted by Crippen LogP contribution is 2.04. The van der Waals surface area contributed by atoms with Crippen LogP contribution in [0.1, 0.15) is 13.8 Å². The zero-order valence-corrected chi connectivity index (χ0v) is 10.6. The van der Waals surface area contributed by atoms with Gasteiger partial charge >= 0.3 is 5.97 Å². The maximum Gasteiger partial charge on any atom is 0.321 e. The van der Waals surface area contributed by atoms with Gasteiger partial charge in [0.1, 0.15) is 11.2 Å². The Labute approximate surface area is 92.6 Å². The highest BCUT2D eigenvalue weighted by molar-refractivity contribution is 9.10. The summed E-state index contributed by atoms with van der Waals surface area (Å²) in [5.74, 6) is -0.529. The number of nitrogens with zero attached hydrogens (tertiary/aromatic N) is 1. The maximum atomic E-state index is 11.3. The molecule has 84 valence electrons. The van der Waals surface area contributed by atoms with E-state index in [0.717, 1.165) is 4.31 Å². The van der Waals surface area contributed by atoms with E-state index in [4.69, 9.17) is 0 Å². The first-order chi connectivity index (χ1) is 6.47. The minimum absolute atomic E-state index is 0.187. The van der Waals surface area contributed by atoms with Crippen LogP contribution in [-0.4, -0.2) is 43.1 Å². The van der Waals surface area contributed by atoms with Crippen LogP contribution in [0.15, 0.2) is 0 Å². The number of hydrogen-bond acceptors (Lipinski definition) is 4. The number of alkyl halides is 1. The molecule has 0 saturated heterocycles. The zero-order chi connectivity index (χ0) is 11.2. The van der Waals surface area contributed by atoms with Crippen molar-refractivity contribution in [1.29, 1.82) is 0 Å². The highest BCUT2D eigenvalue weighted by Gasteiger charge is 2.21. The minimum atomic E-state index is -3.37. The number of esters is 1. The van der Waals surface area contributed by atoms with E-state index in [0.29, 0.717) is 0 Å². The van der Waals surface area contributed by atoms with Gasteiger partial charge < -0.3 is 4.74 Å². The van der Waals surface area contributed by atoms with E-state index < -0.39 is 16.0 Å². The first-order valence-electron chi connectivity index (χ1n) is 4.17. The fourth-order valence-electron chi connectivity index (χ4n) is 0.826. The molecule has 14 heavy (non-hydrogen) atoms. The molecule has 0 rings (SSSR count). The smallest absolute Gasteiger partial charge is 0.321 e. The molecule has 0 fully saturated rings. The first-order valence-corrected chi connectivity index (χ1v) is 6.90. The molecule has 0 aromatic carbocycles. The summed E-state index contributed by atoms with van der Waals surface area (Å²) in [5.41, 5.74) is 0. The molecule has 0 unspecified atom stereocenters. The number of likely N-dealkylation sites (N-methyl/N-ethyl adjacent to an activating group) is 1. The summed E-state index contributed by atoms with van der Waals surface area (Å²) < 4.78 is 28.2. The van der Waals surface area contributed by atoms with Gasteiger partial charge in [0.2, 0.25) is 10.0 Å². The fourth-order valence-corrected chi connectivity index (χ4v) is 2.53. The van der Waals surface area contributed by atoms with Crippen LogP contribution in [-0.2, 0) is 19.6 Å². The van der Waals surface area contributed by atoms with Gasteiger partial charge in [-0.25, -0.2) is 8.42 Å². The molecule has 0 aliphatic rings.